The summed E-state index contributed by atoms with van der Waals surface area (Å²) in [5.74, 6) is -1.33. The molecule has 2 aromatic carbocycles. The van der Waals surface area contributed by atoms with Gasteiger partial charge in [0.1, 0.15) is 23.0 Å². The molecule has 3 N–H and O–H groups in total. The molecule has 0 atom stereocenters. The SMILES string of the molecule is Cc1nc(Nc2ccc(Cl)c(C(F)(F)F)c2)c(N)c(-c2ccc(C(F)(F)F)cc2F)n1. The topological polar surface area (TPSA) is 63.8 Å². The fourth-order valence-corrected chi connectivity index (χ4v) is 2.95. The molecule has 1 heterocycles. The Hall–Kier alpha value is -3.08. The van der Waals surface area contributed by atoms with Gasteiger partial charge in [-0.05, 0) is 43.3 Å². The van der Waals surface area contributed by atoms with Crippen LogP contribution >= 0.6 is 11.6 Å². The van der Waals surface area contributed by atoms with Crippen molar-refractivity contribution in [3.05, 3.63) is 64.2 Å². The van der Waals surface area contributed by atoms with E-state index in [1.165, 1.54) is 13.0 Å². The number of nitrogens with two attached hydrogens (primary N) is 1. The summed E-state index contributed by atoms with van der Waals surface area (Å²) in [6.07, 6.45) is -9.46. The van der Waals surface area contributed by atoms with Crippen LogP contribution in [0.1, 0.15) is 17.0 Å². The third-order valence-electron chi connectivity index (χ3n) is 4.14. The highest BCUT2D eigenvalue weighted by Gasteiger charge is 2.34. The van der Waals surface area contributed by atoms with E-state index >= 15 is 0 Å². The van der Waals surface area contributed by atoms with E-state index in [1.54, 1.807) is 0 Å². The van der Waals surface area contributed by atoms with Crippen LogP contribution in [-0.4, -0.2) is 9.97 Å². The minimum atomic E-state index is -4.75. The Balaban J connectivity index is 2.05. The summed E-state index contributed by atoms with van der Waals surface area (Å²) in [4.78, 5) is 7.96. The van der Waals surface area contributed by atoms with Gasteiger partial charge in [-0.15, -0.1) is 0 Å². The second-order valence-corrected chi connectivity index (χ2v) is 6.80. The van der Waals surface area contributed by atoms with E-state index in [-0.39, 0.29) is 34.3 Å². The lowest BCUT2D eigenvalue weighted by Gasteiger charge is -2.16. The molecule has 0 aliphatic rings. The van der Waals surface area contributed by atoms with Crippen molar-refractivity contribution >= 4 is 28.8 Å². The van der Waals surface area contributed by atoms with E-state index in [0.717, 1.165) is 18.2 Å². The van der Waals surface area contributed by atoms with Gasteiger partial charge in [0.25, 0.3) is 0 Å². The normalized spacial score (nSPS) is 12.2. The van der Waals surface area contributed by atoms with Gasteiger partial charge in [-0.2, -0.15) is 26.3 Å². The van der Waals surface area contributed by atoms with Crippen molar-refractivity contribution in [3.8, 4) is 11.3 Å². The van der Waals surface area contributed by atoms with Crippen LogP contribution in [0.3, 0.4) is 0 Å². The fourth-order valence-electron chi connectivity index (χ4n) is 2.72. The zero-order valence-corrected chi connectivity index (χ0v) is 16.2. The molecule has 0 unspecified atom stereocenters. The third-order valence-corrected chi connectivity index (χ3v) is 4.47. The summed E-state index contributed by atoms with van der Waals surface area (Å²) >= 11 is 5.59. The number of nitrogen functional groups attached to an aromatic ring is 1. The van der Waals surface area contributed by atoms with Crippen LogP contribution in [0.15, 0.2) is 36.4 Å². The van der Waals surface area contributed by atoms with Gasteiger partial charge in [-0.3, -0.25) is 0 Å². The number of rotatable bonds is 3. The molecule has 4 nitrogen and oxygen atoms in total. The van der Waals surface area contributed by atoms with Gasteiger partial charge in [0, 0.05) is 11.3 Å². The summed E-state index contributed by atoms with van der Waals surface area (Å²) in [5.41, 5.74) is 2.77. The summed E-state index contributed by atoms with van der Waals surface area (Å²) in [7, 11) is 0. The zero-order chi connectivity index (χ0) is 23.1. The molecule has 31 heavy (non-hydrogen) atoms. The number of nitrogens with zero attached hydrogens (tertiary/aromatic N) is 2. The van der Waals surface area contributed by atoms with E-state index < -0.39 is 34.3 Å². The second kappa shape index (κ2) is 7.88. The quantitative estimate of drug-likeness (QED) is 0.428. The van der Waals surface area contributed by atoms with Gasteiger partial charge in [0.15, 0.2) is 5.82 Å². The molecule has 0 radical (unpaired) electrons. The van der Waals surface area contributed by atoms with E-state index in [1.807, 2.05) is 0 Å². The maximum Gasteiger partial charge on any atom is 0.417 e. The second-order valence-electron chi connectivity index (χ2n) is 6.39. The van der Waals surface area contributed by atoms with Crippen LogP contribution in [0.4, 0.5) is 47.9 Å². The first-order chi connectivity index (χ1) is 14.3. The molecule has 164 valence electrons. The van der Waals surface area contributed by atoms with Gasteiger partial charge in [-0.1, -0.05) is 11.6 Å². The number of aromatic nitrogens is 2. The van der Waals surface area contributed by atoms with Gasteiger partial charge >= 0.3 is 12.4 Å². The molecule has 12 heteroatoms. The van der Waals surface area contributed by atoms with Crippen molar-refractivity contribution in [1.29, 1.82) is 0 Å². The lowest BCUT2D eigenvalue weighted by atomic mass is 10.1. The minimum absolute atomic E-state index is 0.0519. The number of benzene rings is 2. The Morgan fingerprint density at radius 1 is 0.935 bits per heavy atom. The van der Waals surface area contributed by atoms with Crippen molar-refractivity contribution in [3.63, 3.8) is 0 Å². The van der Waals surface area contributed by atoms with Crippen molar-refractivity contribution < 1.29 is 30.7 Å². The van der Waals surface area contributed by atoms with Gasteiger partial charge in [-0.25, -0.2) is 14.4 Å². The maximum absolute atomic E-state index is 14.4. The number of hydrogen-bond donors (Lipinski definition) is 2. The molecule has 0 spiro atoms. The van der Waals surface area contributed by atoms with Gasteiger partial charge in [0.05, 0.1) is 16.1 Å². The van der Waals surface area contributed by atoms with Gasteiger partial charge in [0.2, 0.25) is 0 Å². The molecule has 0 saturated heterocycles. The Morgan fingerprint density at radius 2 is 1.61 bits per heavy atom. The fraction of sp³-hybridized carbons (Fsp3) is 0.158. The molecular formula is C19H12ClF7N4. The number of halogens is 8. The predicted molar refractivity (Wildman–Crippen MR) is 101 cm³/mol. The predicted octanol–water partition coefficient (Wildman–Crippen LogP) is 6.61. The monoisotopic (exact) mass is 464 g/mol. The average Bonchev–Trinajstić information content (AvgIpc) is 2.64. The highest BCUT2D eigenvalue weighted by atomic mass is 35.5. The Labute approximate surface area is 175 Å². The number of nitrogens with one attached hydrogen (secondary N) is 1. The van der Waals surface area contributed by atoms with Crippen LogP contribution < -0.4 is 11.1 Å². The molecular weight excluding hydrogens is 453 g/mol. The first-order valence-corrected chi connectivity index (χ1v) is 8.80. The number of anilines is 3. The Kier molecular flexibility index (Phi) is 5.74. The van der Waals surface area contributed by atoms with E-state index in [0.29, 0.717) is 12.1 Å². The standard InChI is InChI=1S/C19H12ClF7N4/c1-8-29-16(11-4-2-9(6-14(11)21)18(22,23)24)15(28)17(30-8)31-10-3-5-13(20)12(7-10)19(25,26)27/h2-7H,28H2,1H3,(H,29,30,31). The van der Waals surface area contributed by atoms with Crippen molar-refractivity contribution in [2.75, 3.05) is 11.1 Å². The number of aryl methyl sites for hydroxylation is 1. The summed E-state index contributed by atoms with van der Waals surface area (Å²) in [5, 5.41) is 2.06. The van der Waals surface area contributed by atoms with Crippen molar-refractivity contribution in [2.45, 2.75) is 19.3 Å². The molecule has 0 amide bonds. The third kappa shape index (κ3) is 4.82. The van der Waals surface area contributed by atoms with Gasteiger partial charge < -0.3 is 11.1 Å². The molecule has 3 aromatic rings. The lowest BCUT2D eigenvalue weighted by molar-refractivity contribution is -0.138. The molecule has 0 aliphatic carbocycles. The smallest absolute Gasteiger partial charge is 0.394 e. The van der Waals surface area contributed by atoms with Crippen LogP contribution in [0.2, 0.25) is 5.02 Å². The van der Waals surface area contributed by atoms with E-state index in [4.69, 9.17) is 17.3 Å². The van der Waals surface area contributed by atoms with Crippen LogP contribution in [-0.2, 0) is 12.4 Å². The molecule has 0 saturated carbocycles. The Bertz CT molecular complexity index is 1140. The summed E-state index contributed by atoms with van der Waals surface area (Å²) in [6, 6.07) is 4.83. The summed E-state index contributed by atoms with van der Waals surface area (Å²) in [6.45, 7) is 1.40. The number of alkyl halides is 6. The van der Waals surface area contributed by atoms with E-state index in [2.05, 4.69) is 15.3 Å². The highest BCUT2D eigenvalue weighted by Crippen LogP contribution is 2.38. The van der Waals surface area contributed by atoms with Crippen LogP contribution in [0.25, 0.3) is 11.3 Å². The van der Waals surface area contributed by atoms with Crippen LogP contribution in [0, 0.1) is 12.7 Å². The zero-order valence-electron chi connectivity index (χ0n) is 15.5. The molecule has 1 aromatic heterocycles. The molecule has 0 aliphatic heterocycles. The molecule has 3 rings (SSSR count). The van der Waals surface area contributed by atoms with Crippen molar-refractivity contribution in [1.82, 2.24) is 9.97 Å². The number of hydrogen-bond acceptors (Lipinski definition) is 4. The maximum atomic E-state index is 14.4. The lowest BCUT2D eigenvalue weighted by Crippen LogP contribution is -2.09. The highest BCUT2D eigenvalue weighted by molar-refractivity contribution is 6.31. The van der Waals surface area contributed by atoms with Crippen molar-refractivity contribution in [2.24, 2.45) is 0 Å². The van der Waals surface area contributed by atoms with E-state index in [9.17, 15) is 30.7 Å². The first kappa shape index (κ1) is 22.6. The molecule has 0 fully saturated rings. The minimum Gasteiger partial charge on any atom is -0.394 e. The van der Waals surface area contributed by atoms with Crippen LogP contribution in [0.5, 0.6) is 0 Å². The molecule has 0 bridgehead atoms. The largest absolute Gasteiger partial charge is 0.417 e. The average molecular weight is 465 g/mol. The first-order valence-electron chi connectivity index (χ1n) is 8.42. The Morgan fingerprint density at radius 3 is 2.19 bits per heavy atom. The summed E-state index contributed by atoms with van der Waals surface area (Å²) < 4.78 is 91.9.